The topological polar surface area (TPSA) is 64.6 Å². The third-order valence-electron chi connectivity index (χ3n) is 3.42. The Bertz CT molecular complexity index is 331. The summed E-state index contributed by atoms with van der Waals surface area (Å²) in [4.78, 5) is 23.0. The second kappa shape index (κ2) is 15.4. The number of alkyl carbamates (subject to hydrolysis) is 1. The molecule has 1 atom stereocenters. The van der Waals surface area contributed by atoms with Crippen LogP contribution in [0.3, 0.4) is 0 Å². The molecule has 0 aliphatic rings. The molecule has 0 aromatic rings. The van der Waals surface area contributed by atoms with E-state index in [-0.39, 0.29) is 0 Å². The fourth-order valence-electron chi connectivity index (χ4n) is 2.04. The van der Waals surface area contributed by atoms with Gasteiger partial charge in [-0.3, -0.25) is 0 Å². The van der Waals surface area contributed by atoms with Crippen LogP contribution < -0.4 is 5.32 Å². The number of unbranched alkanes of at least 4 members (excludes halogenated alkanes) is 7. The molecule has 0 aromatic carbocycles. The summed E-state index contributed by atoms with van der Waals surface area (Å²) in [6, 6.07) is -0.677. The maximum Gasteiger partial charge on any atom is 0.407 e. The third-order valence-corrected chi connectivity index (χ3v) is 3.42. The Morgan fingerprint density at radius 1 is 1.00 bits per heavy atom. The number of rotatable bonds is 14. The highest BCUT2D eigenvalue weighted by molar-refractivity contribution is 5.80. The van der Waals surface area contributed by atoms with E-state index in [2.05, 4.69) is 11.9 Å². The molecule has 0 aromatic heterocycles. The predicted molar refractivity (Wildman–Crippen MR) is 92.3 cm³/mol. The fourth-order valence-corrected chi connectivity index (χ4v) is 2.04. The minimum Gasteiger partial charge on any atom is -0.464 e. The van der Waals surface area contributed by atoms with E-state index in [1.165, 1.54) is 32.1 Å². The molecule has 0 heterocycles. The van der Waals surface area contributed by atoms with E-state index >= 15 is 0 Å². The van der Waals surface area contributed by atoms with E-state index in [1.807, 2.05) is 13.0 Å². The molecule has 0 unspecified atom stereocenters. The van der Waals surface area contributed by atoms with Gasteiger partial charge in [-0.05, 0) is 32.6 Å². The summed E-state index contributed by atoms with van der Waals surface area (Å²) in [6.07, 6.45) is 11.3. The number of hydrogen-bond donors (Lipinski definition) is 1. The first-order valence-corrected chi connectivity index (χ1v) is 8.82. The van der Waals surface area contributed by atoms with Crippen LogP contribution in [0.2, 0.25) is 0 Å². The van der Waals surface area contributed by atoms with Crippen LogP contribution in [0.4, 0.5) is 4.79 Å². The van der Waals surface area contributed by atoms with E-state index in [4.69, 9.17) is 9.47 Å². The van der Waals surface area contributed by atoms with Gasteiger partial charge in [0.2, 0.25) is 0 Å². The van der Waals surface area contributed by atoms with Crippen LogP contribution in [-0.4, -0.2) is 31.3 Å². The van der Waals surface area contributed by atoms with Crippen LogP contribution in [0.15, 0.2) is 12.7 Å². The first-order valence-electron chi connectivity index (χ1n) is 8.82. The Morgan fingerprint density at radius 3 is 2.22 bits per heavy atom. The minimum atomic E-state index is -0.677. The van der Waals surface area contributed by atoms with E-state index in [0.717, 1.165) is 25.7 Å². The molecule has 5 nitrogen and oxygen atoms in total. The molecule has 134 valence electrons. The minimum absolute atomic E-state index is 0.348. The number of esters is 1. The molecule has 0 spiro atoms. The van der Waals surface area contributed by atoms with Gasteiger partial charge in [-0.15, -0.1) is 6.58 Å². The monoisotopic (exact) mass is 327 g/mol. The van der Waals surface area contributed by atoms with Gasteiger partial charge in [-0.25, -0.2) is 9.59 Å². The van der Waals surface area contributed by atoms with E-state index in [9.17, 15) is 9.59 Å². The number of hydrogen-bond acceptors (Lipinski definition) is 4. The summed E-state index contributed by atoms with van der Waals surface area (Å²) in [5.74, 6) is -0.414. The van der Waals surface area contributed by atoms with Crippen LogP contribution in [-0.2, 0) is 14.3 Å². The molecule has 5 heteroatoms. The van der Waals surface area contributed by atoms with Gasteiger partial charge in [-0.2, -0.15) is 0 Å². The lowest BCUT2D eigenvalue weighted by Crippen LogP contribution is -2.40. The lowest BCUT2D eigenvalue weighted by molar-refractivity contribution is -0.145. The summed E-state index contributed by atoms with van der Waals surface area (Å²) in [7, 11) is 0. The van der Waals surface area contributed by atoms with Crippen molar-refractivity contribution in [2.75, 3.05) is 13.2 Å². The van der Waals surface area contributed by atoms with Crippen molar-refractivity contribution < 1.29 is 19.1 Å². The normalized spacial score (nSPS) is 11.6. The number of carbonyl (C=O) groups excluding carboxylic acids is 2. The highest BCUT2D eigenvalue weighted by atomic mass is 16.6. The zero-order valence-electron chi connectivity index (χ0n) is 14.8. The molecule has 1 amide bonds. The number of ether oxygens (including phenoxy) is 2. The Balaban J connectivity index is 3.48. The SMILES string of the molecule is C=CCCCCCCCCCOC(=O)[C@H](C)NC(=O)OCCC. The number of nitrogens with one attached hydrogen (secondary N) is 1. The second-order valence-electron chi connectivity index (χ2n) is 5.72. The lowest BCUT2D eigenvalue weighted by atomic mass is 10.1. The van der Waals surface area contributed by atoms with Crippen molar-refractivity contribution >= 4 is 12.1 Å². The molecule has 23 heavy (non-hydrogen) atoms. The van der Waals surface area contributed by atoms with Gasteiger partial charge in [0, 0.05) is 0 Å². The zero-order valence-corrected chi connectivity index (χ0v) is 14.8. The largest absolute Gasteiger partial charge is 0.464 e. The first kappa shape index (κ1) is 21.5. The summed E-state index contributed by atoms with van der Waals surface area (Å²) in [6.45, 7) is 7.97. The molecule has 0 radical (unpaired) electrons. The average molecular weight is 327 g/mol. The van der Waals surface area contributed by atoms with E-state index in [1.54, 1.807) is 6.92 Å². The Labute approximate surface area is 140 Å². The van der Waals surface area contributed by atoms with Gasteiger partial charge in [0.05, 0.1) is 13.2 Å². The van der Waals surface area contributed by atoms with E-state index in [0.29, 0.717) is 13.2 Å². The Kier molecular flexibility index (Phi) is 14.4. The molecule has 0 aliphatic heterocycles. The number of amides is 1. The lowest BCUT2D eigenvalue weighted by Gasteiger charge is -2.13. The third kappa shape index (κ3) is 13.8. The molecule has 0 bridgehead atoms. The van der Waals surface area contributed by atoms with Crippen LogP contribution in [0.25, 0.3) is 0 Å². The molecular formula is C18H33NO4. The average Bonchev–Trinajstić information content (AvgIpc) is 2.54. The summed E-state index contributed by atoms with van der Waals surface area (Å²) in [5.41, 5.74) is 0. The van der Waals surface area contributed by atoms with Gasteiger partial charge < -0.3 is 14.8 Å². The number of carbonyl (C=O) groups is 2. The highest BCUT2D eigenvalue weighted by Crippen LogP contribution is 2.08. The standard InChI is InChI=1S/C18H33NO4/c1-4-6-7-8-9-10-11-12-13-15-22-17(20)16(3)19-18(21)23-14-5-2/h4,16H,1,5-15H2,2-3H3,(H,19,21)/t16-/m0/s1. The van der Waals surface area contributed by atoms with Crippen LogP contribution in [0, 0.1) is 0 Å². The van der Waals surface area contributed by atoms with Crippen molar-refractivity contribution in [1.82, 2.24) is 5.32 Å². The van der Waals surface area contributed by atoms with Crippen LogP contribution >= 0.6 is 0 Å². The summed E-state index contributed by atoms with van der Waals surface area (Å²) in [5, 5.41) is 2.46. The molecule has 0 aliphatic carbocycles. The maximum atomic E-state index is 11.7. The Morgan fingerprint density at radius 2 is 1.61 bits per heavy atom. The van der Waals surface area contributed by atoms with E-state index < -0.39 is 18.1 Å². The van der Waals surface area contributed by atoms with Gasteiger partial charge in [0.25, 0.3) is 0 Å². The summed E-state index contributed by atoms with van der Waals surface area (Å²) < 4.78 is 10.0. The zero-order chi connectivity index (χ0) is 17.3. The smallest absolute Gasteiger partial charge is 0.407 e. The predicted octanol–water partition coefficient (Wildman–Crippen LogP) is 4.36. The quantitative estimate of drug-likeness (QED) is 0.292. The Hall–Kier alpha value is -1.52. The van der Waals surface area contributed by atoms with Gasteiger partial charge in [0.1, 0.15) is 6.04 Å². The number of allylic oxidation sites excluding steroid dienone is 1. The van der Waals surface area contributed by atoms with Gasteiger partial charge in [0.15, 0.2) is 0 Å². The van der Waals surface area contributed by atoms with Crippen LogP contribution in [0.5, 0.6) is 0 Å². The molecular weight excluding hydrogens is 294 g/mol. The van der Waals surface area contributed by atoms with Crippen molar-refractivity contribution in [2.45, 2.75) is 77.7 Å². The van der Waals surface area contributed by atoms with Crippen molar-refractivity contribution in [2.24, 2.45) is 0 Å². The second-order valence-corrected chi connectivity index (χ2v) is 5.72. The fraction of sp³-hybridized carbons (Fsp3) is 0.778. The molecule has 1 N–H and O–H groups in total. The molecule has 0 rings (SSSR count). The summed E-state index contributed by atoms with van der Waals surface area (Å²) >= 11 is 0. The molecule has 0 saturated carbocycles. The molecule has 0 saturated heterocycles. The van der Waals surface area contributed by atoms with Gasteiger partial charge >= 0.3 is 12.1 Å². The van der Waals surface area contributed by atoms with Crippen molar-refractivity contribution in [3.05, 3.63) is 12.7 Å². The van der Waals surface area contributed by atoms with Gasteiger partial charge in [-0.1, -0.05) is 45.1 Å². The maximum absolute atomic E-state index is 11.7. The van der Waals surface area contributed by atoms with Crippen molar-refractivity contribution in [1.29, 1.82) is 0 Å². The van der Waals surface area contributed by atoms with Crippen LogP contribution in [0.1, 0.15) is 71.6 Å². The first-order chi connectivity index (χ1) is 11.1. The molecule has 0 fully saturated rings. The van der Waals surface area contributed by atoms with Crippen molar-refractivity contribution in [3.63, 3.8) is 0 Å². The highest BCUT2D eigenvalue weighted by Gasteiger charge is 2.17. The van der Waals surface area contributed by atoms with Crippen molar-refractivity contribution in [3.8, 4) is 0 Å².